The lowest BCUT2D eigenvalue weighted by molar-refractivity contribution is -0.133. The van der Waals surface area contributed by atoms with E-state index in [9.17, 15) is 18.0 Å². The van der Waals surface area contributed by atoms with Crippen LogP contribution in [0.4, 0.5) is 0 Å². The predicted molar refractivity (Wildman–Crippen MR) is 95.7 cm³/mol. The van der Waals surface area contributed by atoms with Crippen LogP contribution < -0.4 is 14.8 Å². The van der Waals surface area contributed by atoms with Crippen molar-refractivity contribution in [3.05, 3.63) is 23.8 Å². The quantitative estimate of drug-likeness (QED) is 0.508. The van der Waals surface area contributed by atoms with Gasteiger partial charge >= 0.3 is 5.97 Å². The monoisotopic (exact) mass is 390 g/mol. The van der Waals surface area contributed by atoms with Gasteiger partial charge in [0.15, 0.2) is 0 Å². The Hall–Kier alpha value is -1.78. The van der Waals surface area contributed by atoms with Gasteiger partial charge in [-0.2, -0.15) is 0 Å². The van der Waals surface area contributed by atoms with Crippen molar-refractivity contribution >= 4 is 33.7 Å². The topological polar surface area (TPSA) is 122 Å². The summed E-state index contributed by atoms with van der Waals surface area (Å²) in [7, 11) is -2.47. The number of carboxylic acids is 1. The normalized spacial score (nSPS) is 11.4. The zero-order valence-corrected chi connectivity index (χ0v) is 15.9. The fourth-order valence-electron chi connectivity index (χ4n) is 1.90. The standard InChI is InChI=1S/C15H22N2O6S2/c1-10(2)17-25(21,22)13-8-11(4-5-12(13)23-3)15(20)16-6-7-24-9-14(18)19/h4-5,8,10,17H,6-7,9H2,1-3H3,(H,16,20)(H,18,19). The number of carbonyl (C=O) groups excluding carboxylic acids is 1. The number of thioether (sulfide) groups is 1. The molecule has 0 heterocycles. The molecule has 0 saturated heterocycles. The number of aliphatic carboxylic acids is 1. The molecule has 1 rings (SSSR count). The summed E-state index contributed by atoms with van der Waals surface area (Å²) in [6.07, 6.45) is 0. The molecule has 140 valence electrons. The molecule has 0 unspecified atom stereocenters. The summed E-state index contributed by atoms with van der Waals surface area (Å²) in [5.41, 5.74) is 0.174. The lowest BCUT2D eigenvalue weighted by atomic mass is 10.2. The second-order valence-electron chi connectivity index (χ2n) is 5.34. The molecule has 0 aromatic heterocycles. The van der Waals surface area contributed by atoms with Crippen molar-refractivity contribution in [2.75, 3.05) is 25.2 Å². The third-order valence-electron chi connectivity index (χ3n) is 2.86. The minimum Gasteiger partial charge on any atom is -0.495 e. The Bertz CT molecular complexity index is 719. The molecule has 1 aromatic carbocycles. The third kappa shape index (κ3) is 6.92. The molecule has 0 saturated carbocycles. The maximum Gasteiger partial charge on any atom is 0.313 e. The summed E-state index contributed by atoms with van der Waals surface area (Å²) in [4.78, 5) is 22.4. The van der Waals surface area contributed by atoms with E-state index in [-0.39, 0.29) is 34.5 Å². The molecule has 8 nitrogen and oxygen atoms in total. The minimum absolute atomic E-state index is 0.0400. The van der Waals surface area contributed by atoms with Crippen LogP contribution in [0.2, 0.25) is 0 Å². The highest BCUT2D eigenvalue weighted by molar-refractivity contribution is 7.99. The third-order valence-corrected chi connectivity index (χ3v) is 5.49. The van der Waals surface area contributed by atoms with Crippen LogP contribution in [0, 0.1) is 0 Å². The van der Waals surface area contributed by atoms with Gasteiger partial charge in [-0.3, -0.25) is 9.59 Å². The lowest BCUT2D eigenvalue weighted by Crippen LogP contribution is -2.31. The zero-order chi connectivity index (χ0) is 19.0. The highest BCUT2D eigenvalue weighted by Gasteiger charge is 2.22. The largest absolute Gasteiger partial charge is 0.495 e. The lowest BCUT2D eigenvalue weighted by Gasteiger charge is -2.14. The molecule has 1 amide bonds. The average molecular weight is 390 g/mol. The maximum absolute atomic E-state index is 12.4. The summed E-state index contributed by atoms with van der Waals surface area (Å²) < 4.78 is 32.3. The fraction of sp³-hybridized carbons (Fsp3) is 0.467. The van der Waals surface area contributed by atoms with E-state index in [4.69, 9.17) is 9.84 Å². The second kappa shape index (κ2) is 9.64. The van der Waals surface area contributed by atoms with Crippen LogP contribution in [0.5, 0.6) is 5.75 Å². The van der Waals surface area contributed by atoms with Crippen molar-refractivity contribution in [2.45, 2.75) is 24.8 Å². The Morgan fingerprint density at radius 1 is 1.32 bits per heavy atom. The van der Waals surface area contributed by atoms with E-state index in [0.717, 1.165) is 0 Å². The smallest absolute Gasteiger partial charge is 0.313 e. The van der Waals surface area contributed by atoms with Gasteiger partial charge in [0.25, 0.3) is 5.91 Å². The number of amides is 1. The Balaban J connectivity index is 2.86. The molecule has 25 heavy (non-hydrogen) atoms. The predicted octanol–water partition coefficient (Wildman–Crippen LogP) is 0.929. The van der Waals surface area contributed by atoms with Gasteiger partial charge in [-0.05, 0) is 32.0 Å². The van der Waals surface area contributed by atoms with Gasteiger partial charge in [-0.15, -0.1) is 11.8 Å². The van der Waals surface area contributed by atoms with Crippen LogP contribution in [0.15, 0.2) is 23.1 Å². The highest BCUT2D eigenvalue weighted by atomic mass is 32.2. The van der Waals surface area contributed by atoms with Crippen LogP contribution in [0.3, 0.4) is 0 Å². The van der Waals surface area contributed by atoms with E-state index >= 15 is 0 Å². The Morgan fingerprint density at radius 3 is 2.56 bits per heavy atom. The summed E-state index contributed by atoms with van der Waals surface area (Å²) in [6.45, 7) is 3.65. The van der Waals surface area contributed by atoms with Crippen molar-refractivity contribution in [3.63, 3.8) is 0 Å². The van der Waals surface area contributed by atoms with Crippen LogP contribution in [0.25, 0.3) is 0 Å². The van der Waals surface area contributed by atoms with Crippen LogP contribution in [-0.2, 0) is 14.8 Å². The summed E-state index contributed by atoms with van der Waals surface area (Å²) >= 11 is 1.18. The van der Waals surface area contributed by atoms with Crippen molar-refractivity contribution in [2.24, 2.45) is 0 Å². The van der Waals surface area contributed by atoms with Crippen molar-refractivity contribution in [1.82, 2.24) is 10.0 Å². The van der Waals surface area contributed by atoms with Gasteiger partial charge in [-0.1, -0.05) is 0 Å². The summed E-state index contributed by atoms with van der Waals surface area (Å²) in [6, 6.07) is 3.83. The Labute approximate surface area is 151 Å². The van der Waals surface area contributed by atoms with Gasteiger partial charge in [0.2, 0.25) is 10.0 Å². The van der Waals surface area contributed by atoms with Crippen LogP contribution in [0.1, 0.15) is 24.2 Å². The number of ether oxygens (including phenoxy) is 1. The molecule has 0 aliphatic heterocycles. The van der Waals surface area contributed by atoms with E-state index in [1.807, 2.05) is 0 Å². The van der Waals surface area contributed by atoms with Crippen LogP contribution in [-0.4, -0.2) is 56.6 Å². The minimum atomic E-state index is -3.82. The number of sulfonamides is 1. The van der Waals surface area contributed by atoms with Gasteiger partial charge < -0.3 is 15.2 Å². The van der Waals surface area contributed by atoms with Crippen molar-refractivity contribution < 1.29 is 27.9 Å². The molecule has 0 radical (unpaired) electrons. The van der Waals surface area contributed by atoms with E-state index in [1.165, 1.54) is 37.1 Å². The number of carboxylic acid groups (broad SMARTS) is 1. The van der Waals surface area contributed by atoms with Gasteiger partial charge in [-0.25, -0.2) is 13.1 Å². The molecular formula is C15H22N2O6S2. The molecule has 0 spiro atoms. The van der Waals surface area contributed by atoms with Crippen LogP contribution >= 0.6 is 11.8 Å². The Kier molecular flexibility index (Phi) is 8.20. The zero-order valence-electron chi connectivity index (χ0n) is 14.2. The van der Waals surface area contributed by atoms with Crippen molar-refractivity contribution in [1.29, 1.82) is 0 Å². The number of nitrogens with one attached hydrogen (secondary N) is 2. The number of carbonyl (C=O) groups is 2. The van der Waals surface area contributed by atoms with E-state index in [0.29, 0.717) is 5.75 Å². The van der Waals surface area contributed by atoms with Gasteiger partial charge in [0, 0.05) is 23.9 Å². The molecule has 0 aliphatic carbocycles. The highest BCUT2D eigenvalue weighted by Crippen LogP contribution is 2.25. The summed E-state index contributed by atoms with van der Waals surface area (Å²) in [5, 5.41) is 11.2. The molecular weight excluding hydrogens is 368 g/mol. The molecule has 3 N–H and O–H groups in total. The van der Waals surface area contributed by atoms with E-state index in [2.05, 4.69) is 10.0 Å². The SMILES string of the molecule is COc1ccc(C(=O)NCCSCC(=O)O)cc1S(=O)(=O)NC(C)C. The van der Waals surface area contributed by atoms with E-state index in [1.54, 1.807) is 13.8 Å². The molecule has 1 aromatic rings. The molecule has 0 bridgehead atoms. The van der Waals surface area contributed by atoms with Gasteiger partial charge in [0.05, 0.1) is 12.9 Å². The number of hydrogen-bond acceptors (Lipinski definition) is 6. The number of hydrogen-bond donors (Lipinski definition) is 3. The second-order valence-corrected chi connectivity index (χ2v) is 8.13. The maximum atomic E-state index is 12.4. The number of rotatable bonds is 10. The molecule has 10 heteroatoms. The van der Waals surface area contributed by atoms with Gasteiger partial charge in [0.1, 0.15) is 10.6 Å². The molecule has 0 fully saturated rings. The number of methoxy groups -OCH3 is 1. The molecule has 0 atom stereocenters. The first kappa shape index (κ1) is 21.3. The average Bonchev–Trinajstić information content (AvgIpc) is 2.52. The number of benzene rings is 1. The fourth-order valence-corrected chi connectivity index (χ4v) is 3.91. The molecule has 0 aliphatic rings. The first-order valence-corrected chi connectivity index (χ1v) is 10.1. The van der Waals surface area contributed by atoms with Crippen molar-refractivity contribution in [3.8, 4) is 5.75 Å². The first-order chi connectivity index (χ1) is 11.7. The first-order valence-electron chi connectivity index (χ1n) is 7.45. The Morgan fingerprint density at radius 2 is 2.00 bits per heavy atom. The van der Waals surface area contributed by atoms with E-state index < -0.39 is 21.9 Å². The summed E-state index contributed by atoms with van der Waals surface area (Å²) in [5.74, 6) is -0.823.